The summed E-state index contributed by atoms with van der Waals surface area (Å²) < 4.78 is 0. The highest BCUT2D eigenvalue weighted by Crippen LogP contribution is 1.99. The van der Waals surface area contributed by atoms with Crippen LogP contribution < -0.4 is 0 Å². The van der Waals surface area contributed by atoms with Crippen molar-refractivity contribution in [3.63, 3.8) is 0 Å². The monoisotopic (exact) mass is 173 g/mol. The quantitative estimate of drug-likeness (QED) is 0.650. The van der Waals surface area contributed by atoms with E-state index in [4.69, 9.17) is 0 Å². The summed E-state index contributed by atoms with van der Waals surface area (Å²) in [5, 5.41) is 0. The van der Waals surface area contributed by atoms with Crippen molar-refractivity contribution in [1.29, 1.82) is 0 Å². The average Bonchev–Trinajstić information content (AvgIpc) is 2.16. The van der Waals surface area contributed by atoms with Crippen LogP contribution in [0.1, 0.15) is 18.9 Å². The maximum atomic E-state index is 11.2. The molecule has 0 aliphatic heterocycles. The Labute approximate surface area is 78.0 Å². The maximum Gasteiger partial charge on any atom is 0.149 e. The Bertz CT molecular complexity index is 332. The van der Waals surface area contributed by atoms with E-state index in [1.165, 1.54) is 0 Å². The van der Waals surface area contributed by atoms with Crippen LogP contribution >= 0.6 is 0 Å². The van der Waals surface area contributed by atoms with Crippen molar-refractivity contribution < 1.29 is 4.79 Å². The van der Waals surface area contributed by atoms with Crippen LogP contribution in [0, 0.1) is 11.8 Å². The number of nitrogens with zero attached hydrogens (tertiary/aromatic N) is 1. The zero-order valence-corrected chi connectivity index (χ0v) is 7.58. The summed E-state index contributed by atoms with van der Waals surface area (Å²) in [5.41, 5.74) is 0.949. The number of pyridine rings is 1. The Morgan fingerprint density at radius 2 is 2.46 bits per heavy atom. The second kappa shape index (κ2) is 5.10. The number of Topliss-reactive ketones (excluding diaryl/α,β-unsaturated/α-hetero) is 1. The molecule has 1 aromatic rings. The molecular weight excluding hydrogens is 162 g/mol. The molecule has 0 N–H and O–H groups in total. The minimum atomic E-state index is 0.141. The van der Waals surface area contributed by atoms with Crippen LogP contribution in [0.4, 0.5) is 0 Å². The van der Waals surface area contributed by atoms with Crippen LogP contribution in [-0.4, -0.2) is 10.8 Å². The van der Waals surface area contributed by atoms with E-state index in [0.717, 1.165) is 5.56 Å². The first-order valence-electron chi connectivity index (χ1n) is 4.13. The van der Waals surface area contributed by atoms with Gasteiger partial charge in [-0.05, 0) is 18.6 Å². The normalized spacial score (nSPS) is 8.69. The lowest BCUT2D eigenvalue weighted by Gasteiger charge is -1.95. The van der Waals surface area contributed by atoms with Gasteiger partial charge in [-0.25, -0.2) is 0 Å². The summed E-state index contributed by atoms with van der Waals surface area (Å²) in [6.07, 6.45) is 4.17. The Kier molecular flexibility index (Phi) is 3.72. The highest BCUT2D eigenvalue weighted by atomic mass is 16.1. The molecule has 1 aromatic heterocycles. The molecule has 0 amide bonds. The van der Waals surface area contributed by atoms with Gasteiger partial charge in [-0.3, -0.25) is 9.78 Å². The molecule has 2 nitrogen and oxygen atoms in total. The fraction of sp³-hybridized carbons (Fsp3) is 0.273. The Morgan fingerprint density at radius 1 is 1.62 bits per heavy atom. The fourth-order valence-corrected chi connectivity index (χ4v) is 0.980. The van der Waals surface area contributed by atoms with Crippen LogP contribution in [0.15, 0.2) is 24.5 Å². The van der Waals surface area contributed by atoms with Crippen LogP contribution in [-0.2, 0) is 11.2 Å². The van der Waals surface area contributed by atoms with Gasteiger partial charge in [0.05, 0.1) is 6.42 Å². The highest BCUT2D eigenvalue weighted by Gasteiger charge is 2.00. The molecule has 66 valence electrons. The maximum absolute atomic E-state index is 11.2. The first kappa shape index (κ1) is 9.47. The molecular formula is C11H11NO. The van der Waals surface area contributed by atoms with Crippen molar-refractivity contribution in [3.05, 3.63) is 30.1 Å². The summed E-state index contributed by atoms with van der Waals surface area (Å²) in [6, 6.07) is 3.72. The van der Waals surface area contributed by atoms with Gasteiger partial charge >= 0.3 is 0 Å². The third-order valence-corrected chi connectivity index (χ3v) is 1.59. The lowest BCUT2D eigenvalue weighted by Crippen LogP contribution is -2.01. The van der Waals surface area contributed by atoms with Gasteiger partial charge < -0.3 is 0 Å². The van der Waals surface area contributed by atoms with E-state index in [1.807, 2.05) is 12.1 Å². The molecule has 0 spiro atoms. The van der Waals surface area contributed by atoms with Crippen molar-refractivity contribution >= 4 is 5.78 Å². The Morgan fingerprint density at radius 3 is 3.08 bits per heavy atom. The predicted octanol–water partition coefficient (Wildman–Crippen LogP) is 1.61. The number of carbonyl (C=O) groups excluding carboxylic acids is 1. The topological polar surface area (TPSA) is 30.0 Å². The molecule has 0 aliphatic carbocycles. The molecule has 0 atom stereocenters. The third-order valence-electron chi connectivity index (χ3n) is 1.59. The molecule has 0 saturated heterocycles. The summed E-state index contributed by atoms with van der Waals surface area (Å²) in [7, 11) is 0. The van der Waals surface area contributed by atoms with Crippen LogP contribution in [0.3, 0.4) is 0 Å². The van der Waals surface area contributed by atoms with E-state index < -0.39 is 0 Å². The van der Waals surface area contributed by atoms with E-state index >= 15 is 0 Å². The number of hydrogen-bond acceptors (Lipinski definition) is 2. The number of aromatic nitrogens is 1. The molecule has 1 heterocycles. The van der Waals surface area contributed by atoms with E-state index in [9.17, 15) is 4.79 Å². The molecule has 0 fully saturated rings. The van der Waals surface area contributed by atoms with Crippen molar-refractivity contribution in [1.82, 2.24) is 4.98 Å². The lowest BCUT2D eigenvalue weighted by molar-refractivity contribution is -0.117. The number of hydrogen-bond donors (Lipinski definition) is 0. The smallest absolute Gasteiger partial charge is 0.149 e. The summed E-state index contributed by atoms with van der Waals surface area (Å²) in [6.45, 7) is 1.73. The molecule has 0 bridgehead atoms. The van der Waals surface area contributed by atoms with Crippen molar-refractivity contribution in [2.24, 2.45) is 0 Å². The van der Waals surface area contributed by atoms with Crippen LogP contribution in [0.5, 0.6) is 0 Å². The Balaban J connectivity index is 2.49. The number of carbonyl (C=O) groups is 1. The summed E-state index contributed by atoms with van der Waals surface area (Å²) >= 11 is 0. The van der Waals surface area contributed by atoms with Gasteiger partial charge in [0.25, 0.3) is 0 Å². The second-order valence-corrected chi connectivity index (χ2v) is 2.68. The average molecular weight is 173 g/mol. The van der Waals surface area contributed by atoms with Crippen molar-refractivity contribution in [2.45, 2.75) is 19.8 Å². The minimum absolute atomic E-state index is 0.141. The molecule has 0 aliphatic rings. The van der Waals surface area contributed by atoms with Crippen LogP contribution in [0.2, 0.25) is 0 Å². The van der Waals surface area contributed by atoms with Crippen molar-refractivity contribution in [3.8, 4) is 11.8 Å². The molecule has 0 unspecified atom stereocenters. The van der Waals surface area contributed by atoms with Crippen molar-refractivity contribution in [2.75, 3.05) is 0 Å². The van der Waals surface area contributed by atoms with Gasteiger partial charge in [-0.2, -0.15) is 0 Å². The van der Waals surface area contributed by atoms with Gasteiger partial charge in [-0.1, -0.05) is 12.0 Å². The van der Waals surface area contributed by atoms with E-state index in [0.29, 0.717) is 12.8 Å². The zero-order chi connectivity index (χ0) is 9.52. The molecule has 13 heavy (non-hydrogen) atoms. The summed E-state index contributed by atoms with van der Waals surface area (Å²) in [4.78, 5) is 15.2. The SMILES string of the molecule is CC#CCC(=O)Cc1cccnc1. The minimum Gasteiger partial charge on any atom is -0.298 e. The highest BCUT2D eigenvalue weighted by molar-refractivity contribution is 5.82. The van der Waals surface area contributed by atoms with Crippen LogP contribution in [0.25, 0.3) is 0 Å². The van der Waals surface area contributed by atoms with E-state index in [-0.39, 0.29) is 5.78 Å². The molecule has 0 aromatic carbocycles. The van der Waals surface area contributed by atoms with Gasteiger partial charge in [0.1, 0.15) is 5.78 Å². The van der Waals surface area contributed by atoms with Gasteiger partial charge in [0, 0.05) is 18.8 Å². The lowest BCUT2D eigenvalue weighted by atomic mass is 10.1. The standard InChI is InChI=1S/C11H11NO/c1-2-3-6-11(13)8-10-5-4-7-12-9-10/h4-5,7,9H,6,8H2,1H3. The van der Waals surface area contributed by atoms with E-state index in [2.05, 4.69) is 16.8 Å². The second-order valence-electron chi connectivity index (χ2n) is 2.68. The first-order chi connectivity index (χ1) is 6.33. The molecule has 1 rings (SSSR count). The largest absolute Gasteiger partial charge is 0.298 e. The molecule has 0 radical (unpaired) electrons. The van der Waals surface area contributed by atoms with Gasteiger partial charge in [-0.15, -0.1) is 5.92 Å². The van der Waals surface area contributed by atoms with Gasteiger partial charge in [0.15, 0.2) is 0 Å². The number of ketones is 1. The fourth-order valence-electron chi connectivity index (χ4n) is 0.980. The number of rotatable bonds is 3. The first-order valence-corrected chi connectivity index (χ1v) is 4.13. The zero-order valence-electron chi connectivity index (χ0n) is 7.58. The molecule has 0 saturated carbocycles. The molecule has 2 heteroatoms. The van der Waals surface area contributed by atoms with Gasteiger partial charge in [0.2, 0.25) is 0 Å². The van der Waals surface area contributed by atoms with E-state index in [1.54, 1.807) is 19.3 Å². The third kappa shape index (κ3) is 3.53. The Hall–Kier alpha value is -1.62. The summed E-state index contributed by atoms with van der Waals surface area (Å²) in [5.74, 6) is 5.59. The predicted molar refractivity (Wildman–Crippen MR) is 51.0 cm³/mol.